The van der Waals surface area contributed by atoms with Gasteiger partial charge in [0, 0.05) is 27.9 Å². The second kappa shape index (κ2) is 10.7. The topological polar surface area (TPSA) is 74.7 Å². The van der Waals surface area contributed by atoms with Gasteiger partial charge >= 0.3 is 5.97 Å². The Morgan fingerprint density at radius 1 is 1.09 bits per heavy atom. The first-order valence-corrected chi connectivity index (χ1v) is 12.8. The zero-order chi connectivity index (χ0) is 26.0. The molecule has 0 radical (unpaired) electrons. The lowest BCUT2D eigenvalue weighted by molar-refractivity contribution is -0.156. The van der Waals surface area contributed by atoms with Gasteiger partial charge in [-0.2, -0.15) is 0 Å². The molecule has 3 unspecified atom stereocenters. The zero-order valence-corrected chi connectivity index (χ0v) is 22.2. The number of nitrogens with zero attached hydrogens (tertiary/aromatic N) is 1. The van der Waals surface area contributed by atoms with Crippen LogP contribution in [-0.4, -0.2) is 39.7 Å². The number of hydrogen-bond donors (Lipinski definition) is 1. The van der Waals surface area contributed by atoms with Crippen molar-refractivity contribution >= 4 is 40.9 Å². The number of carbonyl (C=O) groups is 3. The molecule has 188 valence electrons. The van der Waals surface area contributed by atoms with Gasteiger partial charge in [0.1, 0.15) is 0 Å². The third-order valence-electron chi connectivity index (χ3n) is 7.54. The van der Waals surface area contributed by atoms with Crippen LogP contribution in [0, 0.1) is 5.92 Å². The van der Waals surface area contributed by atoms with Crippen molar-refractivity contribution in [2.45, 2.75) is 70.3 Å². The van der Waals surface area contributed by atoms with Gasteiger partial charge in [-0.05, 0) is 61.6 Å². The highest BCUT2D eigenvalue weighted by Crippen LogP contribution is 2.44. The number of hydrogen-bond acceptors (Lipinski definition) is 3. The third-order valence-corrected chi connectivity index (χ3v) is 8.03. The molecule has 3 rings (SSSR count). The van der Waals surface area contributed by atoms with Crippen LogP contribution in [0.15, 0.2) is 48.5 Å². The number of carboxylic acid groups (broad SMARTS) is 1. The molecule has 5 nitrogen and oxygen atoms in total. The van der Waals surface area contributed by atoms with E-state index in [2.05, 4.69) is 0 Å². The molecule has 0 aromatic heterocycles. The van der Waals surface area contributed by atoms with E-state index >= 15 is 0 Å². The Hall–Kier alpha value is -2.37. The number of piperidine rings is 1. The molecule has 2 aromatic rings. The molecule has 1 aliphatic heterocycles. The summed E-state index contributed by atoms with van der Waals surface area (Å²) in [5, 5.41) is 10.4. The normalized spacial score (nSPS) is 19.2. The quantitative estimate of drug-likeness (QED) is 0.411. The monoisotopic (exact) mass is 517 g/mol. The fourth-order valence-corrected chi connectivity index (χ4v) is 5.60. The molecule has 0 saturated carbocycles. The predicted molar refractivity (Wildman–Crippen MR) is 139 cm³/mol. The fourth-order valence-electron chi connectivity index (χ4n) is 5.28. The lowest BCUT2D eigenvalue weighted by atomic mass is 9.64. The fraction of sp³-hybridized carbons (Fsp3) is 0.464. The minimum absolute atomic E-state index is 0.0912. The van der Waals surface area contributed by atoms with E-state index in [1.165, 1.54) is 0 Å². The van der Waals surface area contributed by atoms with Gasteiger partial charge in [-0.15, -0.1) is 0 Å². The highest BCUT2D eigenvalue weighted by atomic mass is 35.5. The van der Waals surface area contributed by atoms with E-state index in [0.29, 0.717) is 35.9 Å². The lowest BCUT2D eigenvalue weighted by Crippen LogP contribution is -2.60. The Morgan fingerprint density at radius 2 is 1.74 bits per heavy atom. The summed E-state index contributed by atoms with van der Waals surface area (Å²) in [5.74, 6) is -2.58. The number of rotatable bonds is 9. The van der Waals surface area contributed by atoms with Crippen LogP contribution in [0.4, 0.5) is 0 Å². The summed E-state index contributed by atoms with van der Waals surface area (Å²) >= 11 is 12.5. The molecule has 0 aliphatic carbocycles. The standard InChI is InChI=1S/C28H33Cl2NO4/c1-5-28(4,31-15-7-9-19(26(31)35)17-23(32)33)25(34)24(18-8-6-10-22(30)16-18)27(2,3)20-11-13-21(29)14-12-20/h6,8,10-14,16,19,24H,5,7,9,15,17H2,1-4H3,(H,32,33). The van der Waals surface area contributed by atoms with E-state index in [9.17, 15) is 19.5 Å². The molecular formula is C28H33Cl2NO4. The van der Waals surface area contributed by atoms with Gasteiger partial charge in [0.25, 0.3) is 0 Å². The van der Waals surface area contributed by atoms with Crippen LogP contribution in [0.5, 0.6) is 0 Å². The lowest BCUT2D eigenvalue weighted by Gasteiger charge is -2.47. The predicted octanol–water partition coefficient (Wildman–Crippen LogP) is 6.51. The van der Waals surface area contributed by atoms with Gasteiger partial charge < -0.3 is 10.0 Å². The Kier molecular flexibility index (Phi) is 8.33. The molecule has 0 bridgehead atoms. The van der Waals surface area contributed by atoms with Crippen LogP contribution in [0.25, 0.3) is 0 Å². The van der Waals surface area contributed by atoms with Crippen LogP contribution in [0.1, 0.15) is 70.4 Å². The molecule has 1 N–H and O–H groups in total. The van der Waals surface area contributed by atoms with E-state index in [0.717, 1.165) is 11.1 Å². The Morgan fingerprint density at radius 3 is 2.31 bits per heavy atom. The summed E-state index contributed by atoms with van der Waals surface area (Å²) < 4.78 is 0. The second-order valence-corrected chi connectivity index (χ2v) is 11.0. The summed E-state index contributed by atoms with van der Waals surface area (Å²) in [6, 6.07) is 14.8. The largest absolute Gasteiger partial charge is 0.481 e. The van der Waals surface area contributed by atoms with Crippen molar-refractivity contribution in [3.8, 4) is 0 Å². The minimum Gasteiger partial charge on any atom is -0.481 e. The summed E-state index contributed by atoms with van der Waals surface area (Å²) in [6.45, 7) is 8.17. The van der Waals surface area contributed by atoms with Crippen molar-refractivity contribution in [3.63, 3.8) is 0 Å². The Balaban J connectivity index is 2.11. The molecular weight excluding hydrogens is 485 g/mol. The molecule has 7 heteroatoms. The van der Waals surface area contributed by atoms with Crippen molar-refractivity contribution in [2.75, 3.05) is 6.54 Å². The summed E-state index contributed by atoms with van der Waals surface area (Å²) in [7, 11) is 0. The number of halogens is 2. The van der Waals surface area contributed by atoms with Crippen molar-refractivity contribution in [1.82, 2.24) is 4.90 Å². The van der Waals surface area contributed by atoms with Gasteiger partial charge in [-0.1, -0.05) is 68.2 Å². The van der Waals surface area contributed by atoms with E-state index < -0.39 is 28.8 Å². The Bertz CT molecular complexity index is 1100. The van der Waals surface area contributed by atoms with E-state index in [1.54, 1.807) is 11.0 Å². The van der Waals surface area contributed by atoms with E-state index in [4.69, 9.17) is 23.2 Å². The maximum absolute atomic E-state index is 14.6. The summed E-state index contributed by atoms with van der Waals surface area (Å²) in [6.07, 6.45) is 1.36. The van der Waals surface area contributed by atoms with Crippen LogP contribution in [-0.2, 0) is 19.8 Å². The maximum Gasteiger partial charge on any atom is 0.304 e. The molecule has 1 saturated heterocycles. The molecule has 35 heavy (non-hydrogen) atoms. The highest BCUT2D eigenvalue weighted by Gasteiger charge is 2.50. The first kappa shape index (κ1) is 27.2. The summed E-state index contributed by atoms with van der Waals surface area (Å²) in [5.41, 5.74) is -0.0476. The minimum atomic E-state index is -1.11. The third kappa shape index (κ3) is 5.57. The summed E-state index contributed by atoms with van der Waals surface area (Å²) in [4.78, 5) is 41.0. The highest BCUT2D eigenvalue weighted by molar-refractivity contribution is 6.31. The van der Waals surface area contributed by atoms with E-state index in [-0.39, 0.29) is 18.1 Å². The van der Waals surface area contributed by atoms with Crippen molar-refractivity contribution < 1.29 is 19.5 Å². The van der Waals surface area contributed by atoms with Gasteiger partial charge in [-0.3, -0.25) is 14.4 Å². The van der Waals surface area contributed by atoms with Crippen molar-refractivity contribution in [2.24, 2.45) is 5.92 Å². The smallest absolute Gasteiger partial charge is 0.304 e. The number of ketones is 1. The van der Waals surface area contributed by atoms with Gasteiger partial charge in [-0.25, -0.2) is 0 Å². The zero-order valence-electron chi connectivity index (χ0n) is 20.7. The second-order valence-electron chi connectivity index (χ2n) is 10.1. The Labute approximate surface area is 217 Å². The van der Waals surface area contributed by atoms with Crippen LogP contribution >= 0.6 is 23.2 Å². The van der Waals surface area contributed by atoms with Crippen LogP contribution in [0.3, 0.4) is 0 Å². The molecule has 2 aromatic carbocycles. The number of likely N-dealkylation sites (tertiary alicyclic amines) is 1. The number of carbonyl (C=O) groups excluding carboxylic acids is 2. The first-order chi connectivity index (χ1) is 16.4. The molecule has 1 amide bonds. The van der Waals surface area contributed by atoms with Gasteiger partial charge in [0.15, 0.2) is 5.78 Å². The average molecular weight is 518 g/mol. The number of carboxylic acids is 1. The van der Waals surface area contributed by atoms with Crippen LogP contribution in [0.2, 0.25) is 10.0 Å². The molecule has 0 spiro atoms. The number of aliphatic carboxylic acids is 1. The van der Waals surface area contributed by atoms with Crippen molar-refractivity contribution in [3.05, 3.63) is 69.7 Å². The van der Waals surface area contributed by atoms with Crippen LogP contribution < -0.4 is 0 Å². The molecule has 3 atom stereocenters. The van der Waals surface area contributed by atoms with Gasteiger partial charge in [0.2, 0.25) is 5.91 Å². The SMILES string of the molecule is CCC(C)(C(=O)C(c1cccc(Cl)c1)C(C)(C)c1ccc(Cl)cc1)N1CCCC(CC(=O)O)C1=O. The molecule has 1 aliphatic rings. The van der Waals surface area contributed by atoms with Crippen molar-refractivity contribution in [1.29, 1.82) is 0 Å². The number of Topliss-reactive ketones (excluding diaryl/α,β-unsaturated/α-hetero) is 1. The van der Waals surface area contributed by atoms with Gasteiger partial charge in [0.05, 0.1) is 17.9 Å². The average Bonchev–Trinajstić information content (AvgIpc) is 2.80. The first-order valence-electron chi connectivity index (χ1n) is 12.0. The molecule has 1 heterocycles. The molecule has 1 fully saturated rings. The number of benzene rings is 2. The number of amides is 1. The maximum atomic E-state index is 14.6. The van der Waals surface area contributed by atoms with E-state index in [1.807, 2.05) is 70.2 Å².